The van der Waals surface area contributed by atoms with E-state index in [0.29, 0.717) is 23.4 Å². The number of hydrogen-bond acceptors (Lipinski definition) is 7. The van der Waals surface area contributed by atoms with Crippen LogP contribution in [0.2, 0.25) is 0 Å². The molecule has 1 aliphatic heterocycles. The Morgan fingerprint density at radius 3 is 2.20 bits per heavy atom. The van der Waals surface area contributed by atoms with E-state index >= 15 is 0 Å². The fourth-order valence-corrected chi connectivity index (χ4v) is 4.37. The van der Waals surface area contributed by atoms with E-state index in [2.05, 4.69) is 10.1 Å². The molecule has 9 nitrogen and oxygen atoms in total. The first-order valence-electron chi connectivity index (χ1n) is 11.1. The van der Waals surface area contributed by atoms with Gasteiger partial charge in [0.25, 0.3) is 5.91 Å². The molecule has 0 saturated carbocycles. The maximum atomic E-state index is 12.9. The fraction of sp³-hybridized carbons (Fsp3) is 0.269. The van der Waals surface area contributed by atoms with Gasteiger partial charge >= 0.3 is 11.9 Å². The molecule has 1 saturated heterocycles. The molecule has 0 unspecified atom stereocenters. The van der Waals surface area contributed by atoms with Crippen molar-refractivity contribution in [3.8, 4) is 0 Å². The number of amides is 3. The van der Waals surface area contributed by atoms with Crippen LogP contribution in [-0.2, 0) is 23.9 Å². The fourth-order valence-electron chi connectivity index (χ4n) is 4.37. The van der Waals surface area contributed by atoms with Crippen LogP contribution < -0.4 is 10.2 Å². The third-order valence-electron chi connectivity index (χ3n) is 6.16. The van der Waals surface area contributed by atoms with E-state index in [-0.39, 0.29) is 35.1 Å². The van der Waals surface area contributed by atoms with Crippen molar-refractivity contribution in [3.05, 3.63) is 71.8 Å². The number of nitrogens with one attached hydrogen (secondary N) is 1. The molecule has 9 heteroatoms. The molecular formula is C26H24N2O7. The average Bonchev–Trinajstić information content (AvgIpc) is 3.13. The molecule has 1 aliphatic carbocycles. The minimum Gasteiger partial charge on any atom is -0.465 e. The van der Waals surface area contributed by atoms with Gasteiger partial charge in [0.2, 0.25) is 11.8 Å². The minimum atomic E-state index is -0.724. The Morgan fingerprint density at radius 1 is 0.943 bits per heavy atom. The van der Waals surface area contributed by atoms with Crippen LogP contribution >= 0.6 is 0 Å². The van der Waals surface area contributed by atoms with E-state index in [1.807, 2.05) is 19.1 Å². The number of esters is 2. The number of ether oxygens (including phenoxy) is 2. The summed E-state index contributed by atoms with van der Waals surface area (Å²) < 4.78 is 9.67. The van der Waals surface area contributed by atoms with Gasteiger partial charge in [-0.25, -0.2) is 9.59 Å². The maximum absolute atomic E-state index is 12.9. The monoisotopic (exact) mass is 476 g/mol. The Kier molecular flexibility index (Phi) is 6.77. The topological polar surface area (TPSA) is 119 Å². The number of fused-ring (bicyclic) bond motifs is 1. The molecular weight excluding hydrogens is 452 g/mol. The molecule has 35 heavy (non-hydrogen) atoms. The Hall–Kier alpha value is -4.27. The number of imide groups is 1. The lowest BCUT2D eigenvalue weighted by Gasteiger charge is -2.22. The third-order valence-corrected chi connectivity index (χ3v) is 6.16. The van der Waals surface area contributed by atoms with Gasteiger partial charge in [0.15, 0.2) is 6.61 Å². The zero-order valence-corrected chi connectivity index (χ0v) is 19.2. The third kappa shape index (κ3) is 4.84. The highest BCUT2D eigenvalue weighted by molar-refractivity contribution is 6.22. The molecule has 1 fully saturated rings. The summed E-state index contributed by atoms with van der Waals surface area (Å²) in [4.78, 5) is 62.8. The van der Waals surface area contributed by atoms with Crippen molar-refractivity contribution in [1.82, 2.24) is 0 Å². The number of hydrogen-bond donors (Lipinski definition) is 1. The summed E-state index contributed by atoms with van der Waals surface area (Å²) >= 11 is 0. The van der Waals surface area contributed by atoms with Crippen LogP contribution in [0.4, 0.5) is 11.4 Å². The maximum Gasteiger partial charge on any atom is 0.338 e. The van der Waals surface area contributed by atoms with Gasteiger partial charge in [-0.2, -0.15) is 0 Å². The lowest BCUT2D eigenvalue weighted by Crippen LogP contribution is -2.31. The first-order chi connectivity index (χ1) is 16.8. The largest absolute Gasteiger partial charge is 0.465 e. The van der Waals surface area contributed by atoms with Gasteiger partial charge in [-0.3, -0.25) is 19.3 Å². The molecule has 1 N–H and O–H groups in total. The second-order valence-corrected chi connectivity index (χ2v) is 8.41. The number of allylic oxidation sites excluding steroid dienone is 2. The van der Waals surface area contributed by atoms with Crippen LogP contribution in [0.1, 0.15) is 34.1 Å². The van der Waals surface area contributed by atoms with Crippen molar-refractivity contribution in [3.63, 3.8) is 0 Å². The molecule has 0 radical (unpaired) electrons. The van der Waals surface area contributed by atoms with Gasteiger partial charge in [-0.05, 0) is 60.9 Å². The number of carbonyl (C=O) groups excluding carboxylic acids is 5. The van der Waals surface area contributed by atoms with Crippen molar-refractivity contribution in [1.29, 1.82) is 0 Å². The number of methoxy groups -OCH3 is 1. The van der Waals surface area contributed by atoms with Crippen LogP contribution in [0.5, 0.6) is 0 Å². The standard InChI is InChI=1S/C26H24N2O7/c1-15-4-3-5-20-22(15)24(31)28(23(20)30)19-12-8-17(9-13-19)26(33)35-14-21(29)27-18-10-6-16(7-11-18)25(32)34-2/h3-4,6-13,15,20,22H,5,14H2,1-2H3,(H,27,29)/t15-,20+,22+/m0/s1. The molecule has 2 aromatic carbocycles. The zero-order valence-electron chi connectivity index (χ0n) is 19.2. The van der Waals surface area contributed by atoms with E-state index in [4.69, 9.17) is 4.74 Å². The molecule has 3 atom stereocenters. The highest BCUT2D eigenvalue weighted by Crippen LogP contribution is 2.40. The number of nitrogens with zero attached hydrogens (tertiary/aromatic N) is 1. The summed E-state index contributed by atoms with van der Waals surface area (Å²) in [6.07, 6.45) is 4.44. The summed E-state index contributed by atoms with van der Waals surface area (Å²) in [6.45, 7) is 1.41. The van der Waals surface area contributed by atoms with Crippen molar-refractivity contribution in [2.24, 2.45) is 17.8 Å². The van der Waals surface area contributed by atoms with E-state index in [9.17, 15) is 24.0 Å². The van der Waals surface area contributed by atoms with Crippen LogP contribution in [0.3, 0.4) is 0 Å². The number of rotatable bonds is 6. The second kappa shape index (κ2) is 9.92. The summed E-state index contributed by atoms with van der Waals surface area (Å²) in [5.41, 5.74) is 1.33. The van der Waals surface area contributed by atoms with Crippen LogP contribution in [0.15, 0.2) is 60.7 Å². The minimum absolute atomic E-state index is 0.0126. The Morgan fingerprint density at radius 2 is 1.57 bits per heavy atom. The highest BCUT2D eigenvalue weighted by Gasteiger charge is 2.50. The predicted molar refractivity (Wildman–Crippen MR) is 126 cm³/mol. The molecule has 2 aliphatic rings. The second-order valence-electron chi connectivity index (χ2n) is 8.41. The number of anilines is 2. The van der Waals surface area contributed by atoms with E-state index in [0.717, 1.165) is 0 Å². The molecule has 0 bridgehead atoms. The normalized spacial score (nSPS) is 20.9. The lowest BCUT2D eigenvalue weighted by molar-refractivity contribution is -0.123. The molecule has 0 spiro atoms. The molecule has 3 amide bonds. The SMILES string of the molecule is COC(=O)c1ccc(NC(=O)COC(=O)c2ccc(N3C(=O)[C@@H]4[C@@H](C)C=CC[C@H]4C3=O)cc2)cc1. The van der Waals surface area contributed by atoms with Gasteiger partial charge in [-0.15, -0.1) is 0 Å². The average molecular weight is 476 g/mol. The molecule has 1 heterocycles. The van der Waals surface area contributed by atoms with Crippen LogP contribution in [-0.4, -0.2) is 43.4 Å². The Balaban J connectivity index is 1.33. The van der Waals surface area contributed by atoms with E-state index in [1.165, 1.54) is 60.5 Å². The Bertz CT molecular complexity index is 1200. The van der Waals surface area contributed by atoms with Crippen LogP contribution in [0.25, 0.3) is 0 Å². The zero-order chi connectivity index (χ0) is 25.1. The molecule has 2 aromatic rings. The van der Waals surface area contributed by atoms with Crippen molar-refractivity contribution in [2.45, 2.75) is 13.3 Å². The predicted octanol–water partition coefficient (Wildman–Crippen LogP) is 2.97. The first-order valence-corrected chi connectivity index (χ1v) is 11.1. The quantitative estimate of drug-likeness (QED) is 0.387. The number of benzene rings is 2. The summed E-state index contributed by atoms with van der Waals surface area (Å²) in [7, 11) is 1.27. The van der Waals surface area contributed by atoms with Gasteiger partial charge in [0.05, 0.1) is 35.8 Å². The first kappa shape index (κ1) is 23.9. The highest BCUT2D eigenvalue weighted by atomic mass is 16.5. The number of carbonyl (C=O) groups is 5. The van der Waals surface area contributed by atoms with Gasteiger partial charge < -0.3 is 14.8 Å². The molecule has 4 rings (SSSR count). The molecule has 180 valence electrons. The van der Waals surface area contributed by atoms with E-state index in [1.54, 1.807) is 0 Å². The van der Waals surface area contributed by atoms with Crippen molar-refractivity contribution in [2.75, 3.05) is 23.9 Å². The lowest BCUT2D eigenvalue weighted by atomic mass is 9.78. The Labute approximate surface area is 201 Å². The van der Waals surface area contributed by atoms with Gasteiger partial charge in [-0.1, -0.05) is 19.1 Å². The summed E-state index contributed by atoms with van der Waals surface area (Å²) in [5, 5.41) is 2.56. The van der Waals surface area contributed by atoms with E-state index < -0.39 is 24.5 Å². The van der Waals surface area contributed by atoms with Crippen molar-refractivity contribution >= 4 is 41.0 Å². The summed E-state index contributed by atoms with van der Waals surface area (Å²) in [6, 6.07) is 12.0. The molecule has 0 aromatic heterocycles. The van der Waals surface area contributed by atoms with Gasteiger partial charge in [0, 0.05) is 5.69 Å². The smallest absolute Gasteiger partial charge is 0.338 e. The van der Waals surface area contributed by atoms with Crippen molar-refractivity contribution < 1.29 is 33.4 Å². The van der Waals surface area contributed by atoms with Gasteiger partial charge in [0.1, 0.15) is 0 Å². The van der Waals surface area contributed by atoms with Crippen LogP contribution in [0, 0.1) is 17.8 Å². The summed E-state index contributed by atoms with van der Waals surface area (Å²) in [5.74, 6) is -2.98.